The Morgan fingerprint density at radius 3 is 1.41 bits per heavy atom. The van der Waals surface area contributed by atoms with Gasteiger partial charge in [-0.2, -0.15) is 0 Å². The van der Waals surface area contributed by atoms with Crippen LogP contribution < -0.4 is 0 Å². The standard InChI is InChI=1S/C29H12F4N2O4S2/c1-29(2)27-25(40-17(34-27)7-13-11-3-9(30)5-15(32)19(11)23(38)21(13)36)26-28(29)35-18(41-26)8-14-12-4-10(31)6-16(33)20(12)24(39)22(14)37/h3-8H,1-2H3/b13-7-,14-8-. The van der Waals surface area contributed by atoms with Gasteiger partial charge in [-0.05, 0) is 38.1 Å². The lowest BCUT2D eigenvalue weighted by Crippen LogP contribution is -2.17. The van der Waals surface area contributed by atoms with Crippen molar-refractivity contribution in [2.75, 3.05) is 0 Å². The summed E-state index contributed by atoms with van der Waals surface area (Å²) in [5.74, 6) is -8.13. The normalized spacial score (nSPS) is 18.5. The van der Waals surface area contributed by atoms with Gasteiger partial charge in [0.1, 0.15) is 33.3 Å². The van der Waals surface area contributed by atoms with Crippen LogP contribution in [0.15, 0.2) is 24.3 Å². The molecule has 0 saturated carbocycles. The summed E-state index contributed by atoms with van der Waals surface area (Å²) in [4.78, 5) is 60.7. The van der Waals surface area contributed by atoms with Crippen LogP contribution in [0.5, 0.6) is 0 Å². The van der Waals surface area contributed by atoms with Crippen molar-refractivity contribution in [3.05, 3.63) is 91.2 Å². The number of hydrogen-bond donors (Lipinski definition) is 0. The molecule has 0 saturated heterocycles. The summed E-state index contributed by atoms with van der Waals surface area (Å²) in [6.45, 7) is 3.72. The lowest BCUT2D eigenvalue weighted by atomic mass is 9.90. The predicted octanol–water partition coefficient (Wildman–Crippen LogP) is 6.07. The van der Waals surface area contributed by atoms with Gasteiger partial charge in [-0.15, -0.1) is 22.7 Å². The minimum atomic E-state index is -1.11. The molecule has 0 unspecified atom stereocenters. The summed E-state index contributed by atoms with van der Waals surface area (Å²) in [7, 11) is 0. The van der Waals surface area contributed by atoms with Gasteiger partial charge in [0.2, 0.25) is 23.1 Å². The number of allylic oxidation sites excluding steroid dienone is 2. The zero-order chi connectivity index (χ0) is 29.1. The van der Waals surface area contributed by atoms with Gasteiger partial charge in [0.05, 0.1) is 37.7 Å². The van der Waals surface area contributed by atoms with Crippen molar-refractivity contribution in [2.24, 2.45) is 0 Å². The fourth-order valence-electron chi connectivity index (χ4n) is 5.35. The molecule has 3 aliphatic rings. The number of thiazole rings is 2. The number of halogens is 4. The quantitative estimate of drug-likeness (QED) is 0.159. The molecule has 2 aromatic carbocycles. The van der Waals surface area contributed by atoms with Crippen molar-refractivity contribution in [3.63, 3.8) is 0 Å². The van der Waals surface area contributed by atoms with E-state index in [2.05, 4.69) is 9.97 Å². The highest BCUT2D eigenvalue weighted by atomic mass is 32.1. The van der Waals surface area contributed by atoms with E-state index in [4.69, 9.17) is 0 Å². The SMILES string of the molecule is CC1(C)c2nc(/C=C3\C(=O)C(=O)c4c(F)cc(F)cc43)sc2-c2sc(/C=C3\C(=O)C(=O)c4c(F)cc(F)cc43)nc21. The molecule has 0 atom stereocenters. The zero-order valence-electron chi connectivity index (χ0n) is 20.8. The van der Waals surface area contributed by atoms with Crippen LogP contribution in [0.3, 0.4) is 0 Å². The molecular formula is C29H12F4N2O4S2. The Kier molecular flexibility index (Phi) is 5.17. The molecule has 202 valence electrons. The molecule has 0 N–H and O–H groups in total. The average Bonchev–Trinajstić information content (AvgIpc) is 3.65. The van der Waals surface area contributed by atoms with Crippen LogP contribution in [0.25, 0.3) is 33.1 Å². The van der Waals surface area contributed by atoms with E-state index in [1.54, 1.807) is 0 Å². The summed E-state index contributed by atoms with van der Waals surface area (Å²) in [5.41, 5.74) is -1.02. The molecule has 0 bridgehead atoms. The van der Waals surface area contributed by atoms with Crippen LogP contribution in [0, 0.1) is 23.3 Å². The second kappa shape index (κ2) is 8.30. The first-order valence-corrected chi connectivity index (χ1v) is 13.6. The Balaban J connectivity index is 1.32. The van der Waals surface area contributed by atoms with Crippen LogP contribution in [0.4, 0.5) is 17.6 Å². The fraction of sp³-hybridized carbons (Fsp3) is 0.103. The second-order valence-corrected chi connectivity index (χ2v) is 12.2. The number of rotatable bonds is 2. The first kappa shape index (κ1) is 25.5. The summed E-state index contributed by atoms with van der Waals surface area (Å²) >= 11 is 2.36. The van der Waals surface area contributed by atoms with Gasteiger partial charge in [0.25, 0.3) is 0 Å². The first-order chi connectivity index (χ1) is 19.4. The number of nitrogens with zero attached hydrogens (tertiary/aromatic N) is 2. The van der Waals surface area contributed by atoms with Crippen LogP contribution in [-0.2, 0) is 15.0 Å². The van der Waals surface area contributed by atoms with Crippen molar-refractivity contribution in [2.45, 2.75) is 19.3 Å². The van der Waals surface area contributed by atoms with Crippen molar-refractivity contribution in [1.82, 2.24) is 9.97 Å². The molecule has 0 fully saturated rings. The van der Waals surface area contributed by atoms with Gasteiger partial charge in [0, 0.05) is 34.4 Å². The lowest BCUT2D eigenvalue weighted by molar-refractivity contribution is -0.110. The second-order valence-electron chi connectivity index (χ2n) is 10.1. The third-order valence-electron chi connectivity index (χ3n) is 7.26. The summed E-state index contributed by atoms with van der Waals surface area (Å²) in [6.07, 6.45) is 2.66. The highest BCUT2D eigenvalue weighted by molar-refractivity contribution is 7.23. The van der Waals surface area contributed by atoms with Crippen molar-refractivity contribution < 1.29 is 36.7 Å². The molecule has 2 aromatic heterocycles. The van der Waals surface area contributed by atoms with E-state index in [9.17, 15) is 36.7 Å². The Morgan fingerprint density at radius 2 is 1.02 bits per heavy atom. The topological polar surface area (TPSA) is 94.1 Å². The maximum Gasteiger partial charge on any atom is 0.237 e. The first-order valence-electron chi connectivity index (χ1n) is 12.0. The smallest absolute Gasteiger partial charge is 0.237 e. The monoisotopic (exact) mass is 592 g/mol. The molecule has 4 aromatic rings. The average molecular weight is 593 g/mol. The highest BCUT2D eigenvalue weighted by Crippen LogP contribution is 2.53. The van der Waals surface area contributed by atoms with Crippen molar-refractivity contribution in [3.8, 4) is 9.75 Å². The van der Waals surface area contributed by atoms with Crippen molar-refractivity contribution in [1.29, 1.82) is 0 Å². The Morgan fingerprint density at radius 1 is 0.634 bits per heavy atom. The van der Waals surface area contributed by atoms with E-state index < -0.39 is 62.9 Å². The largest absolute Gasteiger partial charge is 0.285 e. The molecular weight excluding hydrogens is 580 g/mol. The Bertz CT molecular complexity index is 1910. The molecule has 0 spiro atoms. The van der Waals surface area contributed by atoms with E-state index in [1.165, 1.54) is 34.8 Å². The number of carbonyl (C=O) groups excluding carboxylic acids is 4. The number of aromatic nitrogens is 2. The van der Waals surface area contributed by atoms with Crippen LogP contribution in [0.1, 0.15) is 67.1 Å². The predicted molar refractivity (Wildman–Crippen MR) is 142 cm³/mol. The van der Waals surface area contributed by atoms with E-state index in [1.807, 2.05) is 13.8 Å². The van der Waals surface area contributed by atoms with Gasteiger partial charge >= 0.3 is 0 Å². The molecule has 12 heteroatoms. The Labute approximate surface area is 235 Å². The maximum absolute atomic E-state index is 14.3. The number of hydrogen-bond acceptors (Lipinski definition) is 8. The maximum atomic E-state index is 14.3. The van der Waals surface area contributed by atoms with Gasteiger partial charge in [0.15, 0.2) is 0 Å². The molecule has 7 rings (SSSR count). The zero-order valence-corrected chi connectivity index (χ0v) is 22.5. The van der Waals surface area contributed by atoms with E-state index in [0.29, 0.717) is 43.3 Å². The molecule has 0 radical (unpaired) electrons. The molecule has 2 heterocycles. The number of Topliss-reactive ketones (excluding diaryl/α,β-unsaturated/α-hetero) is 4. The highest BCUT2D eigenvalue weighted by Gasteiger charge is 2.44. The summed E-state index contributed by atoms with van der Waals surface area (Å²) in [6, 6.07) is 2.97. The molecule has 6 nitrogen and oxygen atoms in total. The molecule has 0 amide bonds. The van der Waals surface area contributed by atoms with Crippen LogP contribution in [-0.4, -0.2) is 33.1 Å². The van der Waals surface area contributed by atoms with Gasteiger partial charge < -0.3 is 0 Å². The number of fused-ring (bicyclic) bond motifs is 5. The number of benzene rings is 2. The van der Waals surface area contributed by atoms with Gasteiger partial charge in [-0.25, -0.2) is 27.5 Å². The molecule has 3 aliphatic carbocycles. The molecule has 41 heavy (non-hydrogen) atoms. The fourth-order valence-corrected chi connectivity index (χ4v) is 7.82. The van der Waals surface area contributed by atoms with Crippen molar-refractivity contribution >= 4 is 69.1 Å². The van der Waals surface area contributed by atoms with Gasteiger partial charge in [-0.3, -0.25) is 19.2 Å². The number of ketones is 4. The third kappa shape index (κ3) is 3.47. The lowest BCUT2D eigenvalue weighted by Gasteiger charge is -2.16. The molecule has 0 aliphatic heterocycles. The van der Waals surface area contributed by atoms with Gasteiger partial charge in [-0.1, -0.05) is 0 Å². The minimum absolute atomic E-state index is 0.136. The van der Waals surface area contributed by atoms with E-state index in [0.717, 1.165) is 12.1 Å². The third-order valence-corrected chi connectivity index (χ3v) is 9.43. The van der Waals surface area contributed by atoms with E-state index >= 15 is 0 Å². The number of carbonyl (C=O) groups is 4. The summed E-state index contributed by atoms with van der Waals surface area (Å²) in [5, 5.41) is 0.652. The van der Waals surface area contributed by atoms with Crippen LogP contribution >= 0.6 is 22.7 Å². The summed E-state index contributed by atoms with van der Waals surface area (Å²) < 4.78 is 56.3. The minimum Gasteiger partial charge on any atom is -0.285 e. The van der Waals surface area contributed by atoms with Crippen LogP contribution in [0.2, 0.25) is 0 Å². The van der Waals surface area contributed by atoms with E-state index in [-0.39, 0.29) is 22.3 Å². The Hall–Kier alpha value is -4.42.